The number of hydrogen-bond acceptors (Lipinski definition) is 3. The molecule has 1 N–H and O–H groups in total. The predicted octanol–water partition coefficient (Wildman–Crippen LogP) is 4.27. The predicted molar refractivity (Wildman–Crippen MR) is 71.7 cm³/mol. The van der Waals surface area contributed by atoms with E-state index in [0.717, 1.165) is 29.7 Å². The summed E-state index contributed by atoms with van der Waals surface area (Å²) in [7, 11) is 0. The van der Waals surface area contributed by atoms with Crippen LogP contribution in [-0.4, -0.2) is 6.54 Å². The minimum absolute atomic E-state index is 0.790. The number of rotatable bonds is 5. The summed E-state index contributed by atoms with van der Waals surface area (Å²) in [5.74, 6) is 1.01. The number of nitrogens with one attached hydrogen (secondary N) is 1. The van der Waals surface area contributed by atoms with Crippen LogP contribution in [0.5, 0.6) is 0 Å². The van der Waals surface area contributed by atoms with Crippen molar-refractivity contribution in [1.29, 1.82) is 0 Å². The average Bonchev–Trinajstić information content (AvgIpc) is 2.87. The summed E-state index contributed by atoms with van der Waals surface area (Å²) in [5, 5.41) is 7.58. The van der Waals surface area contributed by atoms with E-state index in [9.17, 15) is 0 Å². The van der Waals surface area contributed by atoms with E-state index in [1.165, 1.54) is 11.1 Å². The Morgan fingerprint density at radius 2 is 2.25 bits per heavy atom. The highest BCUT2D eigenvalue weighted by Gasteiger charge is 2.11. The van der Waals surface area contributed by atoms with Crippen LogP contribution in [0.25, 0.3) is 11.1 Å². The Kier molecular flexibility index (Phi) is 4.21. The maximum Gasteiger partial charge on any atom is 0.125 e. The van der Waals surface area contributed by atoms with E-state index < -0.39 is 0 Å². The summed E-state index contributed by atoms with van der Waals surface area (Å²) in [6, 6.07) is 2.02. The van der Waals surface area contributed by atoms with E-state index in [0.29, 0.717) is 0 Å². The van der Waals surface area contributed by atoms with Crippen molar-refractivity contribution in [1.82, 2.24) is 5.32 Å². The molecule has 0 saturated heterocycles. The van der Waals surface area contributed by atoms with E-state index in [1.54, 1.807) is 17.6 Å². The van der Waals surface area contributed by atoms with Gasteiger partial charge in [-0.2, -0.15) is 11.3 Å². The van der Waals surface area contributed by atoms with Crippen molar-refractivity contribution < 1.29 is 4.42 Å². The summed E-state index contributed by atoms with van der Waals surface area (Å²) in [6.07, 6.45) is 2.89. The first-order valence-electron chi connectivity index (χ1n) is 5.32. The summed E-state index contributed by atoms with van der Waals surface area (Å²) < 4.78 is 6.65. The first-order chi connectivity index (χ1) is 7.83. The van der Waals surface area contributed by atoms with Gasteiger partial charge in [-0.1, -0.05) is 6.92 Å². The zero-order chi connectivity index (χ0) is 11.4. The maximum atomic E-state index is 5.51. The second kappa shape index (κ2) is 5.66. The molecule has 0 aromatic carbocycles. The van der Waals surface area contributed by atoms with Crippen molar-refractivity contribution in [3.05, 3.63) is 33.3 Å². The number of hydrogen-bond donors (Lipinski definition) is 1. The van der Waals surface area contributed by atoms with Gasteiger partial charge in [0.15, 0.2) is 0 Å². The largest absolute Gasteiger partial charge is 0.467 e. The Morgan fingerprint density at radius 3 is 2.94 bits per heavy atom. The molecule has 0 fully saturated rings. The van der Waals surface area contributed by atoms with Gasteiger partial charge in [-0.15, -0.1) is 0 Å². The normalized spacial score (nSPS) is 10.9. The Balaban J connectivity index is 2.16. The Bertz CT molecular complexity index is 449. The average molecular weight is 300 g/mol. The Morgan fingerprint density at radius 1 is 1.38 bits per heavy atom. The molecule has 0 aliphatic heterocycles. The first-order valence-corrected chi connectivity index (χ1v) is 7.05. The smallest absolute Gasteiger partial charge is 0.125 e. The monoisotopic (exact) mass is 299 g/mol. The van der Waals surface area contributed by atoms with E-state index in [1.807, 2.05) is 6.07 Å². The van der Waals surface area contributed by atoms with Crippen LogP contribution in [0.1, 0.15) is 19.1 Å². The van der Waals surface area contributed by atoms with Crippen LogP contribution < -0.4 is 5.32 Å². The molecule has 2 nitrogen and oxygen atoms in total. The van der Waals surface area contributed by atoms with Crippen molar-refractivity contribution in [3.8, 4) is 11.1 Å². The van der Waals surface area contributed by atoms with E-state index in [-0.39, 0.29) is 0 Å². The molecular formula is C12H14BrNOS. The number of thiophene rings is 1. The molecule has 86 valence electrons. The van der Waals surface area contributed by atoms with Gasteiger partial charge in [-0.25, -0.2) is 0 Å². The van der Waals surface area contributed by atoms with Crippen molar-refractivity contribution in [2.24, 2.45) is 0 Å². The molecule has 0 spiro atoms. The molecule has 2 rings (SSSR count). The molecule has 0 amide bonds. The molecule has 2 aromatic rings. The lowest BCUT2D eigenvalue weighted by atomic mass is 10.1. The van der Waals surface area contributed by atoms with Crippen molar-refractivity contribution >= 4 is 27.3 Å². The van der Waals surface area contributed by atoms with Gasteiger partial charge in [0.25, 0.3) is 0 Å². The maximum absolute atomic E-state index is 5.51. The van der Waals surface area contributed by atoms with Gasteiger partial charge in [-0.05, 0) is 40.3 Å². The van der Waals surface area contributed by atoms with Crippen molar-refractivity contribution in [3.63, 3.8) is 0 Å². The molecular weight excluding hydrogens is 286 g/mol. The molecule has 0 unspecified atom stereocenters. The zero-order valence-corrected chi connectivity index (χ0v) is 11.5. The molecule has 16 heavy (non-hydrogen) atoms. The lowest BCUT2D eigenvalue weighted by molar-refractivity contribution is 0.484. The highest BCUT2D eigenvalue weighted by Crippen LogP contribution is 2.34. The summed E-state index contributed by atoms with van der Waals surface area (Å²) in [4.78, 5) is 0. The fraction of sp³-hybridized carbons (Fsp3) is 0.333. The molecule has 2 aromatic heterocycles. The lowest BCUT2D eigenvalue weighted by Gasteiger charge is -2.03. The zero-order valence-electron chi connectivity index (χ0n) is 9.13. The minimum Gasteiger partial charge on any atom is -0.467 e. The molecule has 0 aliphatic carbocycles. The first kappa shape index (κ1) is 11.9. The van der Waals surface area contributed by atoms with Crippen molar-refractivity contribution in [2.45, 2.75) is 19.9 Å². The third-order valence-corrected chi connectivity index (χ3v) is 4.07. The SMILES string of the molecule is CCCNCc1occc1-c1cscc1Br. The van der Waals surface area contributed by atoms with Gasteiger partial charge >= 0.3 is 0 Å². The lowest BCUT2D eigenvalue weighted by Crippen LogP contribution is -2.13. The Labute approximate surface area is 108 Å². The molecule has 2 heterocycles. The quantitative estimate of drug-likeness (QED) is 0.834. The highest BCUT2D eigenvalue weighted by molar-refractivity contribution is 9.10. The van der Waals surface area contributed by atoms with Crippen LogP contribution in [-0.2, 0) is 6.54 Å². The highest BCUT2D eigenvalue weighted by atomic mass is 79.9. The van der Waals surface area contributed by atoms with Gasteiger partial charge in [-0.3, -0.25) is 0 Å². The van der Waals surface area contributed by atoms with Crippen LogP contribution >= 0.6 is 27.3 Å². The fourth-order valence-corrected chi connectivity index (χ4v) is 3.08. The topological polar surface area (TPSA) is 25.2 Å². The van der Waals surface area contributed by atoms with Gasteiger partial charge in [0, 0.05) is 21.0 Å². The molecule has 0 atom stereocenters. The van der Waals surface area contributed by atoms with Crippen LogP contribution in [0, 0.1) is 0 Å². The van der Waals surface area contributed by atoms with Crippen LogP contribution in [0.3, 0.4) is 0 Å². The number of halogens is 1. The van der Waals surface area contributed by atoms with E-state index in [4.69, 9.17) is 4.42 Å². The second-order valence-electron chi connectivity index (χ2n) is 3.57. The van der Waals surface area contributed by atoms with Crippen molar-refractivity contribution in [2.75, 3.05) is 6.54 Å². The second-order valence-corrected chi connectivity index (χ2v) is 5.17. The van der Waals surface area contributed by atoms with Gasteiger partial charge in [0.2, 0.25) is 0 Å². The molecule has 0 saturated carbocycles. The van der Waals surface area contributed by atoms with Gasteiger partial charge < -0.3 is 9.73 Å². The van der Waals surface area contributed by atoms with Crippen LogP contribution in [0.15, 0.2) is 32.0 Å². The molecule has 0 bridgehead atoms. The fourth-order valence-electron chi connectivity index (χ4n) is 1.57. The molecule has 4 heteroatoms. The summed E-state index contributed by atoms with van der Waals surface area (Å²) >= 11 is 5.24. The van der Waals surface area contributed by atoms with Crippen LogP contribution in [0.2, 0.25) is 0 Å². The summed E-state index contributed by atoms with van der Waals surface area (Å²) in [5.41, 5.74) is 2.39. The third kappa shape index (κ3) is 2.56. The standard InChI is InChI=1S/C12H14BrNOS/c1-2-4-14-6-12-9(3-5-15-12)10-7-16-8-11(10)13/h3,5,7-8,14H,2,4,6H2,1H3. The molecule has 0 aliphatic rings. The van der Waals surface area contributed by atoms with E-state index in [2.05, 4.69) is 38.9 Å². The third-order valence-electron chi connectivity index (χ3n) is 2.36. The van der Waals surface area contributed by atoms with Crippen LogP contribution in [0.4, 0.5) is 0 Å². The Hall–Kier alpha value is -0.580. The summed E-state index contributed by atoms with van der Waals surface area (Å²) in [6.45, 7) is 3.97. The number of furan rings is 1. The van der Waals surface area contributed by atoms with Gasteiger partial charge in [0.05, 0.1) is 12.8 Å². The van der Waals surface area contributed by atoms with Gasteiger partial charge in [0.1, 0.15) is 5.76 Å². The minimum atomic E-state index is 0.790. The molecule has 0 radical (unpaired) electrons. The van der Waals surface area contributed by atoms with E-state index >= 15 is 0 Å².